The van der Waals surface area contributed by atoms with E-state index in [0.717, 1.165) is 41.0 Å². The lowest BCUT2D eigenvalue weighted by Crippen LogP contribution is -2.22. The van der Waals surface area contributed by atoms with Gasteiger partial charge >= 0.3 is 0 Å². The molecule has 0 spiro atoms. The largest absolute Gasteiger partial charge is 0.481 e. The van der Waals surface area contributed by atoms with Gasteiger partial charge in [0.2, 0.25) is 11.8 Å². The topological polar surface area (TPSA) is 59.9 Å². The van der Waals surface area contributed by atoms with Crippen molar-refractivity contribution in [3.05, 3.63) is 47.2 Å². The van der Waals surface area contributed by atoms with Crippen molar-refractivity contribution in [2.45, 2.75) is 44.7 Å². The highest BCUT2D eigenvalue weighted by Gasteiger charge is 2.36. The Balaban J connectivity index is 1.60. The van der Waals surface area contributed by atoms with Gasteiger partial charge in [-0.05, 0) is 55.9 Å². The van der Waals surface area contributed by atoms with Crippen molar-refractivity contribution in [2.24, 2.45) is 0 Å². The zero-order chi connectivity index (χ0) is 19.6. The molecular weight excluding hydrogens is 375 g/mol. The van der Waals surface area contributed by atoms with E-state index in [9.17, 15) is 0 Å². The molecule has 1 aliphatic carbocycles. The van der Waals surface area contributed by atoms with Gasteiger partial charge in [-0.2, -0.15) is 4.98 Å². The Hall–Kier alpha value is -2.54. The van der Waals surface area contributed by atoms with Gasteiger partial charge in [-0.1, -0.05) is 12.5 Å². The molecule has 5 nitrogen and oxygen atoms in total. The van der Waals surface area contributed by atoms with Crippen LogP contribution in [0.3, 0.4) is 0 Å². The van der Waals surface area contributed by atoms with Gasteiger partial charge in [0.05, 0.1) is 12.0 Å². The van der Waals surface area contributed by atoms with Crippen LogP contribution in [0, 0.1) is 6.92 Å². The Bertz CT molecular complexity index is 969. The molecule has 4 rings (SSSR count). The quantitative estimate of drug-likeness (QED) is 0.589. The molecule has 0 bridgehead atoms. The Morgan fingerprint density at radius 2 is 1.96 bits per heavy atom. The predicted octanol–water partition coefficient (Wildman–Crippen LogP) is 5.79. The molecule has 0 saturated heterocycles. The highest BCUT2D eigenvalue weighted by molar-refractivity contribution is 7.15. The van der Waals surface area contributed by atoms with E-state index in [4.69, 9.17) is 4.74 Å². The average Bonchev–Trinajstić information content (AvgIpc) is 3.20. The van der Waals surface area contributed by atoms with E-state index in [1.165, 1.54) is 11.3 Å². The lowest BCUT2D eigenvalue weighted by atomic mass is 9.87. The van der Waals surface area contributed by atoms with Crippen molar-refractivity contribution in [2.75, 3.05) is 12.4 Å². The van der Waals surface area contributed by atoms with E-state index in [0.29, 0.717) is 29.7 Å². The number of methoxy groups -OCH3 is 1. The summed E-state index contributed by atoms with van der Waals surface area (Å²) in [5.41, 5.74) is 1.70. The van der Waals surface area contributed by atoms with Gasteiger partial charge in [0.15, 0.2) is 5.67 Å². The molecule has 2 aromatic heterocycles. The monoisotopic (exact) mass is 398 g/mol. The number of hydrogen-bond acceptors (Lipinski definition) is 6. The maximum absolute atomic E-state index is 15.3. The fraction of sp³-hybridized carbons (Fsp3) is 0.381. The first kappa shape index (κ1) is 18.8. The second kappa shape index (κ2) is 7.83. The van der Waals surface area contributed by atoms with Crippen LogP contribution in [0.2, 0.25) is 0 Å². The van der Waals surface area contributed by atoms with E-state index >= 15 is 4.39 Å². The summed E-state index contributed by atoms with van der Waals surface area (Å²) < 4.78 is 20.4. The van der Waals surface area contributed by atoms with Crippen molar-refractivity contribution in [1.29, 1.82) is 0 Å². The minimum Gasteiger partial charge on any atom is -0.481 e. The summed E-state index contributed by atoms with van der Waals surface area (Å²) in [5, 5.41) is 3.82. The fourth-order valence-corrected chi connectivity index (χ4v) is 4.63. The third kappa shape index (κ3) is 3.99. The summed E-state index contributed by atoms with van der Waals surface area (Å²) in [5.74, 6) is 0.962. The van der Waals surface area contributed by atoms with Crippen molar-refractivity contribution in [3.63, 3.8) is 0 Å². The van der Waals surface area contributed by atoms with Crippen LogP contribution in [0.25, 0.3) is 10.4 Å². The third-order valence-electron chi connectivity index (χ3n) is 4.99. The maximum Gasteiger partial charge on any atom is 0.230 e. The zero-order valence-electron chi connectivity index (χ0n) is 16.0. The summed E-state index contributed by atoms with van der Waals surface area (Å²) in [6.45, 7) is 2.03. The fourth-order valence-electron chi connectivity index (χ4n) is 3.58. The highest BCUT2D eigenvalue weighted by Crippen LogP contribution is 2.44. The van der Waals surface area contributed by atoms with Crippen molar-refractivity contribution >= 4 is 23.0 Å². The van der Waals surface area contributed by atoms with Gasteiger partial charge in [0, 0.05) is 24.1 Å². The smallest absolute Gasteiger partial charge is 0.230 e. The molecule has 1 aliphatic rings. The van der Waals surface area contributed by atoms with Crippen molar-refractivity contribution in [1.82, 2.24) is 15.0 Å². The highest BCUT2D eigenvalue weighted by atomic mass is 32.1. The number of nitrogens with zero attached hydrogens (tertiary/aromatic N) is 3. The van der Waals surface area contributed by atoms with Crippen molar-refractivity contribution < 1.29 is 9.13 Å². The van der Waals surface area contributed by atoms with E-state index < -0.39 is 5.67 Å². The number of thiazole rings is 1. The number of halogens is 1. The lowest BCUT2D eigenvalue weighted by molar-refractivity contribution is 0.106. The molecule has 0 radical (unpaired) electrons. The summed E-state index contributed by atoms with van der Waals surface area (Å²) in [7, 11) is 1.57. The van der Waals surface area contributed by atoms with E-state index in [1.807, 2.05) is 19.1 Å². The maximum atomic E-state index is 15.3. The number of nitrogens with one attached hydrogen (secondary N) is 1. The molecule has 28 heavy (non-hydrogen) atoms. The van der Waals surface area contributed by atoms with Gasteiger partial charge in [-0.25, -0.2) is 14.4 Å². The first-order valence-corrected chi connectivity index (χ1v) is 10.3. The minimum atomic E-state index is -1.26. The summed E-state index contributed by atoms with van der Waals surface area (Å²) in [6, 6.07) is 7.81. The number of benzene rings is 1. The Morgan fingerprint density at radius 3 is 2.75 bits per heavy atom. The zero-order valence-corrected chi connectivity index (χ0v) is 16.9. The molecule has 0 amide bonds. The SMILES string of the molecule is COc1ccnc(Nc2cc(C)cc(-c3cnc(C4(F)CCCCC4)s3)c2)n1. The molecular formula is C21H23FN4OS. The van der Waals surface area contributed by atoms with Crippen LogP contribution < -0.4 is 10.1 Å². The number of hydrogen-bond donors (Lipinski definition) is 1. The van der Waals surface area contributed by atoms with Crippen LogP contribution in [0.5, 0.6) is 5.88 Å². The van der Waals surface area contributed by atoms with Crippen molar-refractivity contribution in [3.8, 4) is 16.3 Å². The van der Waals surface area contributed by atoms with Crippen LogP contribution in [0.15, 0.2) is 36.7 Å². The van der Waals surface area contributed by atoms with Gasteiger partial charge in [0.25, 0.3) is 0 Å². The Morgan fingerprint density at radius 1 is 1.14 bits per heavy atom. The molecule has 3 aromatic rings. The first-order valence-electron chi connectivity index (χ1n) is 9.47. The number of aryl methyl sites for hydroxylation is 1. The van der Waals surface area contributed by atoms with E-state index in [-0.39, 0.29) is 0 Å². The number of aromatic nitrogens is 3. The minimum absolute atomic E-state index is 0.464. The normalized spacial score (nSPS) is 16.0. The van der Waals surface area contributed by atoms with Crippen LogP contribution in [0.1, 0.15) is 42.7 Å². The first-order chi connectivity index (χ1) is 13.6. The molecule has 1 saturated carbocycles. The number of ether oxygens (including phenoxy) is 1. The summed E-state index contributed by atoms with van der Waals surface area (Å²) in [6.07, 6.45) is 7.57. The molecule has 0 aliphatic heterocycles. The molecule has 2 heterocycles. The number of anilines is 2. The molecule has 146 valence electrons. The van der Waals surface area contributed by atoms with Gasteiger partial charge in [0.1, 0.15) is 5.01 Å². The standard InChI is InChI=1S/C21H23FN4OS/c1-14-10-15(12-16(11-14)25-20-23-9-6-18(26-20)27-2)17-13-24-19(28-17)21(22)7-4-3-5-8-21/h6,9-13H,3-5,7-8H2,1-2H3,(H,23,25,26). The average molecular weight is 399 g/mol. The molecule has 1 N–H and O–H groups in total. The Labute approximate surface area is 168 Å². The summed E-state index contributed by atoms with van der Waals surface area (Å²) >= 11 is 1.46. The lowest BCUT2D eigenvalue weighted by Gasteiger charge is -2.27. The second-order valence-electron chi connectivity index (χ2n) is 7.19. The van der Waals surface area contributed by atoms with Crippen LogP contribution in [0.4, 0.5) is 16.0 Å². The van der Waals surface area contributed by atoms with Gasteiger partial charge < -0.3 is 10.1 Å². The van der Waals surface area contributed by atoms with Gasteiger partial charge in [-0.3, -0.25) is 0 Å². The molecule has 0 atom stereocenters. The van der Waals surface area contributed by atoms with Crippen LogP contribution in [-0.2, 0) is 5.67 Å². The van der Waals surface area contributed by atoms with E-state index in [1.54, 1.807) is 25.6 Å². The Kier molecular flexibility index (Phi) is 5.26. The molecule has 7 heteroatoms. The predicted molar refractivity (Wildman–Crippen MR) is 110 cm³/mol. The summed E-state index contributed by atoms with van der Waals surface area (Å²) in [4.78, 5) is 13.9. The number of rotatable bonds is 5. The van der Waals surface area contributed by atoms with Crippen LogP contribution in [-0.4, -0.2) is 22.1 Å². The van der Waals surface area contributed by atoms with Crippen LogP contribution >= 0.6 is 11.3 Å². The number of alkyl halides is 1. The molecule has 0 unspecified atom stereocenters. The molecule has 1 aromatic carbocycles. The van der Waals surface area contributed by atoms with Gasteiger partial charge in [-0.15, -0.1) is 11.3 Å². The third-order valence-corrected chi connectivity index (χ3v) is 6.22. The second-order valence-corrected chi connectivity index (χ2v) is 8.22. The molecule has 1 fully saturated rings. The van der Waals surface area contributed by atoms with E-state index in [2.05, 4.69) is 26.3 Å².